The largest absolute Gasteiger partial charge is 0.368 e. The molecule has 5 nitrogen and oxygen atoms in total. The quantitative estimate of drug-likeness (QED) is 0.842. The Morgan fingerprint density at radius 3 is 2.84 bits per heavy atom. The number of halogens is 1. The molecule has 2 rings (SSSR count). The van der Waals surface area contributed by atoms with Crippen molar-refractivity contribution in [3.8, 4) is 0 Å². The van der Waals surface area contributed by atoms with Gasteiger partial charge in [-0.2, -0.15) is 5.10 Å². The van der Waals surface area contributed by atoms with E-state index in [2.05, 4.69) is 37.8 Å². The van der Waals surface area contributed by atoms with Crippen molar-refractivity contribution < 1.29 is 0 Å². The van der Waals surface area contributed by atoms with Crippen molar-refractivity contribution in [2.24, 2.45) is 7.05 Å². The van der Waals surface area contributed by atoms with Gasteiger partial charge in [0.25, 0.3) is 5.56 Å². The summed E-state index contributed by atoms with van der Waals surface area (Å²) in [5.74, 6) is 0. The average molecular weight is 329 g/mol. The predicted octanol–water partition coefficient (Wildman–Crippen LogP) is 1.46. The first kappa shape index (κ1) is 14.5. The van der Waals surface area contributed by atoms with Gasteiger partial charge in [0.05, 0.1) is 11.9 Å². The topological polar surface area (TPSA) is 41.4 Å². The van der Waals surface area contributed by atoms with Gasteiger partial charge in [0.2, 0.25) is 0 Å². The highest BCUT2D eigenvalue weighted by molar-refractivity contribution is 9.10. The first-order chi connectivity index (χ1) is 9.13. The maximum absolute atomic E-state index is 11.9. The van der Waals surface area contributed by atoms with Gasteiger partial charge in [-0.3, -0.25) is 4.79 Å². The van der Waals surface area contributed by atoms with Crippen molar-refractivity contribution in [2.75, 3.05) is 37.6 Å². The molecule has 0 unspecified atom stereocenters. The molecule has 0 aromatic carbocycles. The minimum Gasteiger partial charge on any atom is -0.368 e. The van der Waals surface area contributed by atoms with Crippen molar-refractivity contribution in [1.82, 2.24) is 14.7 Å². The lowest BCUT2D eigenvalue weighted by molar-refractivity contribution is 0.294. The van der Waals surface area contributed by atoms with E-state index in [9.17, 15) is 4.79 Å². The van der Waals surface area contributed by atoms with Gasteiger partial charge >= 0.3 is 0 Å². The number of nitrogens with zero attached hydrogens (tertiary/aromatic N) is 4. The highest BCUT2D eigenvalue weighted by Gasteiger charge is 2.18. The molecule has 1 aliphatic heterocycles. The molecule has 2 heterocycles. The van der Waals surface area contributed by atoms with Crippen molar-refractivity contribution in [1.29, 1.82) is 0 Å². The summed E-state index contributed by atoms with van der Waals surface area (Å²) in [6.07, 6.45) is 4.10. The SMILES string of the molecule is CCCN1CCCN(c2cnn(C)c(=O)c2Br)CC1. The third kappa shape index (κ3) is 3.36. The fraction of sp³-hybridized carbons (Fsp3) is 0.692. The molecule has 0 amide bonds. The van der Waals surface area contributed by atoms with E-state index < -0.39 is 0 Å². The first-order valence-corrected chi connectivity index (χ1v) is 7.62. The van der Waals surface area contributed by atoms with Gasteiger partial charge in [0.15, 0.2) is 0 Å². The second kappa shape index (κ2) is 6.52. The summed E-state index contributed by atoms with van der Waals surface area (Å²) < 4.78 is 1.98. The average Bonchev–Trinajstić information content (AvgIpc) is 2.63. The number of aryl methyl sites for hydroxylation is 1. The number of anilines is 1. The molecule has 0 N–H and O–H groups in total. The van der Waals surface area contributed by atoms with E-state index in [4.69, 9.17) is 0 Å². The Hall–Kier alpha value is -0.880. The smallest absolute Gasteiger partial charge is 0.282 e. The third-order valence-electron chi connectivity index (χ3n) is 3.53. The highest BCUT2D eigenvalue weighted by atomic mass is 79.9. The molecule has 106 valence electrons. The number of aromatic nitrogens is 2. The zero-order chi connectivity index (χ0) is 13.8. The van der Waals surface area contributed by atoms with E-state index >= 15 is 0 Å². The minimum absolute atomic E-state index is 0.0767. The van der Waals surface area contributed by atoms with Crippen LogP contribution in [0.25, 0.3) is 0 Å². The Balaban J connectivity index is 2.14. The van der Waals surface area contributed by atoms with E-state index in [0.29, 0.717) is 4.47 Å². The molecule has 0 bridgehead atoms. The van der Waals surface area contributed by atoms with Crippen LogP contribution in [0, 0.1) is 0 Å². The molecule has 0 spiro atoms. The summed E-state index contributed by atoms with van der Waals surface area (Å²) >= 11 is 3.41. The van der Waals surface area contributed by atoms with E-state index in [1.807, 2.05) is 0 Å². The van der Waals surface area contributed by atoms with Crippen molar-refractivity contribution in [2.45, 2.75) is 19.8 Å². The fourth-order valence-electron chi connectivity index (χ4n) is 2.47. The van der Waals surface area contributed by atoms with Crippen LogP contribution in [0.4, 0.5) is 5.69 Å². The van der Waals surface area contributed by atoms with Crippen LogP contribution in [0.2, 0.25) is 0 Å². The number of rotatable bonds is 3. The van der Waals surface area contributed by atoms with E-state index in [1.54, 1.807) is 13.2 Å². The Kier molecular flexibility index (Phi) is 4.99. The molecule has 1 fully saturated rings. The number of hydrogen-bond acceptors (Lipinski definition) is 4. The second-order valence-electron chi connectivity index (χ2n) is 4.95. The molecule has 0 atom stereocenters. The van der Waals surface area contributed by atoms with Crippen LogP contribution in [-0.4, -0.2) is 47.4 Å². The van der Waals surface area contributed by atoms with E-state index in [0.717, 1.165) is 44.8 Å². The maximum atomic E-state index is 11.9. The van der Waals surface area contributed by atoms with E-state index in [1.165, 1.54) is 11.1 Å². The summed E-state index contributed by atoms with van der Waals surface area (Å²) in [6.45, 7) is 7.49. The summed E-state index contributed by atoms with van der Waals surface area (Å²) in [7, 11) is 1.67. The zero-order valence-corrected chi connectivity index (χ0v) is 13.2. The Morgan fingerprint density at radius 1 is 1.32 bits per heavy atom. The van der Waals surface area contributed by atoms with Crippen LogP contribution in [0.3, 0.4) is 0 Å². The summed E-state index contributed by atoms with van der Waals surface area (Å²) in [4.78, 5) is 16.6. The highest BCUT2D eigenvalue weighted by Crippen LogP contribution is 2.22. The molecular formula is C13H21BrN4O. The van der Waals surface area contributed by atoms with Gasteiger partial charge in [-0.15, -0.1) is 0 Å². The van der Waals surface area contributed by atoms with Crippen LogP contribution >= 0.6 is 15.9 Å². The lowest BCUT2D eigenvalue weighted by atomic mass is 10.3. The normalized spacial score (nSPS) is 17.5. The lowest BCUT2D eigenvalue weighted by Crippen LogP contribution is -2.33. The summed E-state index contributed by atoms with van der Waals surface area (Å²) in [5.41, 5.74) is 0.841. The van der Waals surface area contributed by atoms with Gasteiger partial charge in [-0.05, 0) is 41.9 Å². The van der Waals surface area contributed by atoms with Crippen LogP contribution in [0.5, 0.6) is 0 Å². The molecule has 0 radical (unpaired) electrons. The van der Waals surface area contributed by atoms with Crippen molar-refractivity contribution in [3.63, 3.8) is 0 Å². The van der Waals surface area contributed by atoms with Crippen LogP contribution in [-0.2, 0) is 7.05 Å². The van der Waals surface area contributed by atoms with Gasteiger partial charge in [-0.25, -0.2) is 4.68 Å². The van der Waals surface area contributed by atoms with E-state index in [-0.39, 0.29) is 5.56 Å². The van der Waals surface area contributed by atoms with Gasteiger partial charge in [0.1, 0.15) is 4.47 Å². The fourth-order valence-corrected chi connectivity index (χ4v) is 3.08. The second-order valence-corrected chi connectivity index (χ2v) is 5.75. The molecular weight excluding hydrogens is 308 g/mol. The maximum Gasteiger partial charge on any atom is 0.282 e. The van der Waals surface area contributed by atoms with Gasteiger partial charge in [0, 0.05) is 26.7 Å². The molecule has 19 heavy (non-hydrogen) atoms. The number of hydrogen-bond donors (Lipinski definition) is 0. The van der Waals surface area contributed by atoms with Crippen molar-refractivity contribution >= 4 is 21.6 Å². The van der Waals surface area contributed by atoms with Crippen molar-refractivity contribution in [3.05, 3.63) is 21.0 Å². The third-order valence-corrected chi connectivity index (χ3v) is 4.27. The Labute approximate surface area is 122 Å². The van der Waals surface area contributed by atoms with Crippen LogP contribution < -0.4 is 10.5 Å². The lowest BCUT2D eigenvalue weighted by Gasteiger charge is -2.24. The zero-order valence-electron chi connectivity index (χ0n) is 11.6. The minimum atomic E-state index is -0.0767. The molecule has 0 aliphatic carbocycles. The van der Waals surface area contributed by atoms with Crippen LogP contribution in [0.1, 0.15) is 19.8 Å². The molecule has 1 aromatic rings. The standard InChI is InChI=1S/C13H21BrN4O/c1-3-5-17-6-4-7-18(9-8-17)11-10-15-16(2)13(19)12(11)14/h10H,3-9H2,1-2H3. The molecule has 6 heteroatoms. The Morgan fingerprint density at radius 2 is 2.11 bits per heavy atom. The monoisotopic (exact) mass is 328 g/mol. The molecule has 1 aliphatic rings. The molecule has 1 saturated heterocycles. The predicted molar refractivity (Wildman–Crippen MR) is 80.7 cm³/mol. The Bertz CT molecular complexity index is 488. The van der Waals surface area contributed by atoms with Gasteiger partial charge in [-0.1, -0.05) is 6.92 Å². The van der Waals surface area contributed by atoms with Crippen LogP contribution in [0.15, 0.2) is 15.5 Å². The summed E-state index contributed by atoms with van der Waals surface area (Å²) in [5, 5.41) is 4.12. The first-order valence-electron chi connectivity index (χ1n) is 6.82. The summed E-state index contributed by atoms with van der Waals surface area (Å²) in [6, 6.07) is 0. The molecule has 1 aromatic heterocycles. The molecule has 0 saturated carbocycles. The van der Waals surface area contributed by atoms with Gasteiger partial charge < -0.3 is 9.80 Å².